The summed E-state index contributed by atoms with van der Waals surface area (Å²) in [5, 5.41) is 11.4. The van der Waals surface area contributed by atoms with Crippen LogP contribution in [0, 0.1) is 5.92 Å². The van der Waals surface area contributed by atoms with Crippen LogP contribution in [-0.4, -0.2) is 17.0 Å². The number of hydrogen-bond acceptors (Lipinski definition) is 4. The fourth-order valence-corrected chi connectivity index (χ4v) is 2.61. The molecule has 2 amide bonds. The van der Waals surface area contributed by atoms with Crippen LogP contribution in [0.25, 0.3) is 0 Å². The van der Waals surface area contributed by atoms with Crippen molar-refractivity contribution in [2.24, 2.45) is 5.92 Å². The van der Waals surface area contributed by atoms with Crippen LogP contribution < -0.4 is 10.8 Å². The molecule has 6 heteroatoms. The van der Waals surface area contributed by atoms with Crippen LogP contribution in [-0.2, 0) is 4.79 Å². The summed E-state index contributed by atoms with van der Waals surface area (Å²) < 4.78 is 5.03. The smallest absolute Gasteiger partial charge is 0.310 e. The molecule has 6 nitrogen and oxygen atoms in total. The quantitative estimate of drug-likeness (QED) is 0.569. The first-order valence-corrected chi connectivity index (χ1v) is 6.92. The van der Waals surface area contributed by atoms with Gasteiger partial charge in [0, 0.05) is 12.0 Å². The van der Waals surface area contributed by atoms with Gasteiger partial charge in [0.05, 0.1) is 12.3 Å². The van der Waals surface area contributed by atoms with Gasteiger partial charge in [0.25, 0.3) is 0 Å². The molecule has 110 valence electrons. The molecule has 1 unspecified atom stereocenters. The molecule has 1 aliphatic rings. The van der Waals surface area contributed by atoms with Crippen molar-refractivity contribution in [2.45, 2.75) is 45.1 Å². The van der Waals surface area contributed by atoms with Gasteiger partial charge in [-0.15, -0.1) is 0 Å². The van der Waals surface area contributed by atoms with Crippen LogP contribution in [0.5, 0.6) is 0 Å². The lowest BCUT2D eigenvalue weighted by Gasteiger charge is -2.14. The molecule has 1 aromatic heterocycles. The summed E-state index contributed by atoms with van der Waals surface area (Å²) in [5.74, 6) is -0.166. The van der Waals surface area contributed by atoms with Gasteiger partial charge < -0.3 is 9.73 Å². The Hall–Kier alpha value is -1.82. The van der Waals surface area contributed by atoms with Crippen molar-refractivity contribution in [1.29, 1.82) is 0 Å². The molecule has 1 saturated carbocycles. The molecule has 20 heavy (non-hydrogen) atoms. The van der Waals surface area contributed by atoms with Crippen molar-refractivity contribution in [3.63, 3.8) is 0 Å². The van der Waals surface area contributed by atoms with E-state index in [0.717, 1.165) is 12.8 Å². The number of nitrogens with one attached hydrogen (secondary N) is 2. The van der Waals surface area contributed by atoms with Crippen LogP contribution in [0.15, 0.2) is 16.7 Å². The van der Waals surface area contributed by atoms with E-state index in [1.807, 2.05) is 6.92 Å². The van der Waals surface area contributed by atoms with Crippen molar-refractivity contribution < 1.29 is 19.2 Å². The van der Waals surface area contributed by atoms with E-state index in [2.05, 4.69) is 5.32 Å². The van der Waals surface area contributed by atoms with E-state index < -0.39 is 5.91 Å². The Morgan fingerprint density at radius 3 is 2.80 bits per heavy atom. The fourth-order valence-electron chi connectivity index (χ4n) is 2.61. The maximum atomic E-state index is 11.9. The maximum Gasteiger partial charge on any atom is 0.310 e. The molecular formula is C14H20N2O4. The lowest BCUT2D eigenvalue weighted by molar-refractivity contribution is -0.122. The molecule has 1 aliphatic carbocycles. The van der Waals surface area contributed by atoms with Gasteiger partial charge in [-0.25, -0.2) is 5.48 Å². The van der Waals surface area contributed by atoms with Gasteiger partial charge in [0.15, 0.2) is 5.76 Å². The minimum atomic E-state index is -0.708. The Balaban J connectivity index is 1.87. The molecule has 1 fully saturated rings. The van der Waals surface area contributed by atoms with Gasteiger partial charge in [-0.1, -0.05) is 12.8 Å². The van der Waals surface area contributed by atoms with Crippen LogP contribution >= 0.6 is 0 Å². The second-order valence-corrected chi connectivity index (χ2v) is 5.33. The van der Waals surface area contributed by atoms with Gasteiger partial charge in [0.2, 0.25) is 5.91 Å². The largest absolute Gasteiger partial charge is 0.459 e. The van der Waals surface area contributed by atoms with Crippen LogP contribution in [0.3, 0.4) is 0 Å². The summed E-state index contributed by atoms with van der Waals surface area (Å²) in [6, 6.07) is 1.28. The van der Waals surface area contributed by atoms with Crippen LogP contribution in [0.4, 0.5) is 0 Å². The molecule has 1 atom stereocenters. The first-order valence-electron chi connectivity index (χ1n) is 6.92. The predicted molar refractivity (Wildman–Crippen MR) is 71.1 cm³/mol. The minimum absolute atomic E-state index is 0.0133. The number of rotatable bonds is 5. The van der Waals surface area contributed by atoms with E-state index in [1.54, 1.807) is 0 Å². The average molecular weight is 280 g/mol. The topological polar surface area (TPSA) is 91.6 Å². The highest BCUT2D eigenvalue weighted by atomic mass is 16.5. The highest BCUT2D eigenvalue weighted by molar-refractivity contribution is 5.90. The number of carbonyl (C=O) groups is 2. The highest BCUT2D eigenvalue weighted by Gasteiger charge is 2.20. The van der Waals surface area contributed by atoms with Gasteiger partial charge in [-0.2, -0.15) is 0 Å². The molecule has 0 aliphatic heterocycles. The van der Waals surface area contributed by atoms with Crippen LogP contribution in [0.2, 0.25) is 0 Å². The van der Waals surface area contributed by atoms with E-state index in [1.165, 1.54) is 30.7 Å². The van der Waals surface area contributed by atoms with E-state index in [9.17, 15) is 9.59 Å². The van der Waals surface area contributed by atoms with E-state index in [-0.39, 0.29) is 17.7 Å². The van der Waals surface area contributed by atoms with Gasteiger partial charge >= 0.3 is 5.91 Å². The molecule has 1 heterocycles. The number of carbonyl (C=O) groups excluding carboxylic acids is 2. The van der Waals surface area contributed by atoms with Crippen molar-refractivity contribution in [3.8, 4) is 0 Å². The Labute approximate surface area is 117 Å². The first kappa shape index (κ1) is 14.6. The zero-order chi connectivity index (χ0) is 14.5. The normalized spacial score (nSPS) is 16.9. The van der Waals surface area contributed by atoms with Gasteiger partial charge in [0.1, 0.15) is 0 Å². The molecule has 0 saturated heterocycles. The number of furan rings is 1. The van der Waals surface area contributed by atoms with E-state index in [4.69, 9.17) is 9.62 Å². The Bertz CT molecular complexity index is 477. The van der Waals surface area contributed by atoms with Crippen molar-refractivity contribution in [3.05, 3.63) is 23.7 Å². The molecular weight excluding hydrogens is 260 g/mol. The summed E-state index contributed by atoms with van der Waals surface area (Å²) in [7, 11) is 0. The van der Waals surface area contributed by atoms with Crippen molar-refractivity contribution in [2.75, 3.05) is 0 Å². The van der Waals surface area contributed by atoms with E-state index >= 15 is 0 Å². The lowest BCUT2D eigenvalue weighted by atomic mass is 10.0. The third-order valence-corrected chi connectivity index (χ3v) is 3.77. The lowest BCUT2D eigenvalue weighted by Crippen LogP contribution is -2.27. The first-order chi connectivity index (χ1) is 9.60. The Kier molecular flexibility index (Phi) is 4.79. The second kappa shape index (κ2) is 6.56. The molecule has 0 spiro atoms. The summed E-state index contributed by atoms with van der Waals surface area (Å²) in [4.78, 5) is 23.1. The average Bonchev–Trinajstić information content (AvgIpc) is 3.08. The summed E-state index contributed by atoms with van der Waals surface area (Å²) in [6.07, 6.45) is 6.67. The number of hydroxylamine groups is 1. The van der Waals surface area contributed by atoms with Gasteiger partial charge in [-0.05, 0) is 31.7 Å². The number of hydrogen-bond donors (Lipinski definition) is 3. The summed E-state index contributed by atoms with van der Waals surface area (Å²) in [5.41, 5.74) is 2.20. The SMILES string of the molecule is CC(NC(=O)CC1CCCC1)c1coc(C(=O)NO)c1. The Morgan fingerprint density at radius 1 is 1.45 bits per heavy atom. The Morgan fingerprint density at radius 2 is 2.15 bits per heavy atom. The summed E-state index contributed by atoms with van der Waals surface area (Å²) >= 11 is 0. The fraction of sp³-hybridized carbons (Fsp3) is 0.571. The standard InChI is InChI=1S/C14H20N2O4/c1-9(11-7-12(20-8-11)14(18)16-19)15-13(17)6-10-4-2-3-5-10/h7-10,19H,2-6H2,1H3,(H,15,17)(H,16,18). The van der Waals surface area contributed by atoms with Crippen molar-refractivity contribution in [1.82, 2.24) is 10.8 Å². The van der Waals surface area contributed by atoms with Crippen molar-refractivity contribution >= 4 is 11.8 Å². The molecule has 0 radical (unpaired) electrons. The zero-order valence-corrected chi connectivity index (χ0v) is 11.5. The molecule has 1 aromatic rings. The highest BCUT2D eigenvalue weighted by Crippen LogP contribution is 2.27. The van der Waals surface area contributed by atoms with E-state index in [0.29, 0.717) is 17.9 Å². The minimum Gasteiger partial charge on any atom is -0.459 e. The maximum absolute atomic E-state index is 11.9. The zero-order valence-electron chi connectivity index (χ0n) is 11.5. The molecule has 0 bridgehead atoms. The van der Waals surface area contributed by atoms with Crippen LogP contribution in [0.1, 0.15) is 61.2 Å². The third-order valence-electron chi connectivity index (χ3n) is 3.77. The number of amides is 2. The second-order valence-electron chi connectivity index (χ2n) is 5.33. The molecule has 0 aromatic carbocycles. The third kappa shape index (κ3) is 3.60. The van der Waals surface area contributed by atoms with Gasteiger partial charge in [-0.3, -0.25) is 14.8 Å². The monoisotopic (exact) mass is 280 g/mol. The summed E-state index contributed by atoms with van der Waals surface area (Å²) in [6.45, 7) is 1.83. The molecule has 2 rings (SSSR count). The molecule has 3 N–H and O–H groups in total. The predicted octanol–water partition coefficient (Wildman–Crippen LogP) is 2.16.